The van der Waals surface area contributed by atoms with Crippen LogP contribution in [0.2, 0.25) is 0 Å². The molecule has 5 heteroatoms. The second-order valence-corrected chi connectivity index (χ2v) is 5.37. The molecule has 1 saturated carbocycles. The molecule has 0 radical (unpaired) electrons. The van der Waals surface area contributed by atoms with Gasteiger partial charge in [-0.25, -0.2) is 4.39 Å². The molecule has 1 aromatic carbocycles. The fourth-order valence-electron chi connectivity index (χ4n) is 2.45. The van der Waals surface area contributed by atoms with Crippen molar-refractivity contribution in [3.63, 3.8) is 0 Å². The van der Waals surface area contributed by atoms with E-state index in [9.17, 15) is 9.18 Å². The molecule has 0 spiro atoms. The molecule has 2 rings (SSSR count). The number of hydrogen-bond donors (Lipinski definition) is 1. The van der Waals surface area contributed by atoms with E-state index in [2.05, 4.69) is 0 Å². The molecule has 0 heterocycles. The Morgan fingerprint density at radius 2 is 2.05 bits per heavy atom. The Hall–Kier alpha value is -1.62. The SMILES string of the molecule is CN(CCOc1ccc(F)cc1)C(=O)C1(CN)CCC1. The number of nitrogens with two attached hydrogens (primary N) is 1. The normalized spacial score (nSPS) is 16.4. The maximum absolute atomic E-state index is 12.7. The summed E-state index contributed by atoms with van der Waals surface area (Å²) in [5.74, 6) is 0.415. The zero-order valence-corrected chi connectivity index (χ0v) is 11.8. The van der Waals surface area contributed by atoms with Crippen molar-refractivity contribution in [2.45, 2.75) is 19.3 Å². The van der Waals surface area contributed by atoms with E-state index in [1.54, 1.807) is 24.1 Å². The third-order valence-corrected chi connectivity index (χ3v) is 4.01. The van der Waals surface area contributed by atoms with Crippen LogP contribution in [0.25, 0.3) is 0 Å². The van der Waals surface area contributed by atoms with Gasteiger partial charge in [0, 0.05) is 13.6 Å². The highest BCUT2D eigenvalue weighted by Gasteiger charge is 2.44. The van der Waals surface area contributed by atoms with Crippen LogP contribution in [0, 0.1) is 11.2 Å². The molecule has 0 aliphatic heterocycles. The van der Waals surface area contributed by atoms with Crippen molar-refractivity contribution < 1.29 is 13.9 Å². The maximum Gasteiger partial charge on any atom is 0.229 e. The fraction of sp³-hybridized carbons (Fsp3) is 0.533. The van der Waals surface area contributed by atoms with E-state index in [4.69, 9.17) is 10.5 Å². The Kier molecular flexibility index (Phi) is 4.60. The van der Waals surface area contributed by atoms with E-state index in [1.165, 1.54) is 12.1 Å². The van der Waals surface area contributed by atoms with E-state index in [0.29, 0.717) is 25.4 Å². The lowest BCUT2D eigenvalue weighted by molar-refractivity contribution is -0.145. The molecule has 1 fully saturated rings. The molecule has 1 amide bonds. The van der Waals surface area contributed by atoms with Gasteiger partial charge in [0.05, 0.1) is 12.0 Å². The second kappa shape index (κ2) is 6.22. The van der Waals surface area contributed by atoms with Gasteiger partial charge >= 0.3 is 0 Å². The third-order valence-electron chi connectivity index (χ3n) is 4.01. The lowest BCUT2D eigenvalue weighted by Gasteiger charge is -2.41. The average Bonchev–Trinajstić information content (AvgIpc) is 2.40. The first-order valence-electron chi connectivity index (χ1n) is 6.91. The molecule has 1 aromatic rings. The van der Waals surface area contributed by atoms with Crippen LogP contribution in [0.5, 0.6) is 5.75 Å². The van der Waals surface area contributed by atoms with Gasteiger partial charge in [-0.1, -0.05) is 6.42 Å². The van der Waals surface area contributed by atoms with E-state index in [1.807, 2.05) is 0 Å². The van der Waals surface area contributed by atoms with Gasteiger partial charge in [0.2, 0.25) is 5.91 Å². The van der Waals surface area contributed by atoms with Gasteiger partial charge in [-0.05, 0) is 37.1 Å². The van der Waals surface area contributed by atoms with E-state index >= 15 is 0 Å². The summed E-state index contributed by atoms with van der Waals surface area (Å²) >= 11 is 0. The van der Waals surface area contributed by atoms with E-state index < -0.39 is 0 Å². The van der Waals surface area contributed by atoms with Crippen molar-refractivity contribution in [2.75, 3.05) is 26.7 Å². The van der Waals surface area contributed by atoms with Crippen LogP contribution in [-0.2, 0) is 4.79 Å². The van der Waals surface area contributed by atoms with Gasteiger partial charge in [-0.15, -0.1) is 0 Å². The van der Waals surface area contributed by atoms with Gasteiger partial charge in [0.25, 0.3) is 0 Å². The van der Waals surface area contributed by atoms with Crippen molar-refractivity contribution >= 4 is 5.91 Å². The highest BCUT2D eigenvalue weighted by Crippen LogP contribution is 2.41. The molecule has 1 aliphatic carbocycles. The molecular formula is C15H21FN2O2. The smallest absolute Gasteiger partial charge is 0.229 e. The quantitative estimate of drug-likeness (QED) is 0.864. The minimum atomic E-state index is -0.343. The first-order valence-corrected chi connectivity index (χ1v) is 6.91. The van der Waals surface area contributed by atoms with Crippen molar-refractivity contribution in [1.29, 1.82) is 0 Å². The molecule has 2 N–H and O–H groups in total. The van der Waals surface area contributed by atoms with Crippen LogP contribution >= 0.6 is 0 Å². The van der Waals surface area contributed by atoms with Crippen molar-refractivity contribution in [2.24, 2.45) is 11.1 Å². The number of amides is 1. The molecule has 0 aromatic heterocycles. The van der Waals surface area contributed by atoms with Gasteiger partial charge in [-0.3, -0.25) is 4.79 Å². The van der Waals surface area contributed by atoms with Gasteiger partial charge in [-0.2, -0.15) is 0 Å². The van der Waals surface area contributed by atoms with Crippen LogP contribution in [0.15, 0.2) is 24.3 Å². The average molecular weight is 280 g/mol. The topological polar surface area (TPSA) is 55.6 Å². The fourth-order valence-corrected chi connectivity index (χ4v) is 2.45. The lowest BCUT2D eigenvalue weighted by atomic mass is 9.68. The summed E-state index contributed by atoms with van der Waals surface area (Å²) in [6, 6.07) is 5.85. The van der Waals surface area contributed by atoms with E-state index in [0.717, 1.165) is 19.3 Å². The van der Waals surface area contributed by atoms with Crippen LogP contribution < -0.4 is 10.5 Å². The molecule has 1 aliphatic rings. The monoisotopic (exact) mass is 280 g/mol. The molecule has 4 nitrogen and oxygen atoms in total. The third kappa shape index (κ3) is 3.10. The Labute approximate surface area is 118 Å². The number of rotatable bonds is 6. The Bertz CT molecular complexity index is 452. The zero-order valence-electron chi connectivity index (χ0n) is 11.8. The highest BCUT2D eigenvalue weighted by atomic mass is 19.1. The molecule has 20 heavy (non-hydrogen) atoms. The summed E-state index contributed by atoms with van der Waals surface area (Å²) in [6.07, 6.45) is 2.83. The number of benzene rings is 1. The molecular weight excluding hydrogens is 259 g/mol. The van der Waals surface area contributed by atoms with Crippen molar-refractivity contribution in [3.05, 3.63) is 30.1 Å². The highest BCUT2D eigenvalue weighted by molar-refractivity contribution is 5.83. The number of likely N-dealkylation sites (N-methyl/N-ethyl adjacent to an activating group) is 1. The molecule has 0 unspecified atom stereocenters. The standard InChI is InChI=1S/C15H21FN2O2/c1-18(14(19)15(11-17)7-2-8-15)9-10-20-13-5-3-12(16)4-6-13/h3-6H,2,7-11,17H2,1H3. The molecule has 0 bridgehead atoms. The van der Waals surface area contributed by atoms with Gasteiger partial charge in [0.1, 0.15) is 18.2 Å². The Balaban J connectivity index is 1.78. The molecule has 0 saturated heterocycles. The van der Waals surface area contributed by atoms with Crippen LogP contribution in [-0.4, -0.2) is 37.6 Å². The number of carbonyl (C=O) groups excluding carboxylic acids is 1. The summed E-state index contributed by atoms with van der Waals surface area (Å²) in [5.41, 5.74) is 5.38. The molecule has 110 valence electrons. The lowest BCUT2D eigenvalue weighted by Crippen LogP contribution is -2.51. The number of hydrogen-bond acceptors (Lipinski definition) is 3. The second-order valence-electron chi connectivity index (χ2n) is 5.37. The largest absolute Gasteiger partial charge is 0.492 e. The minimum Gasteiger partial charge on any atom is -0.492 e. The van der Waals surface area contributed by atoms with Gasteiger partial charge in [0.15, 0.2) is 0 Å². The minimum absolute atomic E-state index is 0.106. The predicted octanol–water partition coefficient (Wildman–Crippen LogP) is 1.79. The van der Waals surface area contributed by atoms with Crippen LogP contribution in [0.1, 0.15) is 19.3 Å². The first kappa shape index (κ1) is 14.8. The van der Waals surface area contributed by atoms with Crippen molar-refractivity contribution in [3.8, 4) is 5.75 Å². The predicted molar refractivity (Wildman–Crippen MR) is 74.9 cm³/mol. The maximum atomic E-state index is 12.7. The number of ether oxygens (including phenoxy) is 1. The Morgan fingerprint density at radius 1 is 1.40 bits per heavy atom. The summed E-state index contributed by atoms with van der Waals surface area (Å²) in [6.45, 7) is 1.29. The summed E-state index contributed by atoms with van der Waals surface area (Å²) < 4.78 is 18.2. The Morgan fingerprint density at radius 3 is 2.55 bits per heavy atom. The van der Waals surface area contributed by atoms with E-state index in [-0.39, 0.29) is 17.1 Å². The number of carbonyl (C=O) groups is 1. The molecule has 0 atom stereocenters. The summed E-state index contributed by atoms with van der Waals surface area (Å²) in [7, 11) is 1.77. The van der Waals surface area contributed by atoms with Crippen LogP contribution in [0.4, 0.5) is 4.39 Å². The summed E-state index contributed by atoms with van der Waals surface area (Å²) in [4.78, 5) is 14.0. The van der Waals surface area contributed by atoms with Crippen molar-refractivity contribution in [1.82, 2.24) is 4.90 Å². The summed E-state index contributed by atoms with van der Waals surface area (Å²) in [5, 5.41) is 0. The zero-order chi connectivity index (χ0) is 14.6. The number of halogens is 1. The van der Waals surface area contributed by atoms with Gasteiger partial charge < -0.3 is 15.4 Å². The van der Waals surface area contributed by atoms with Crippen LogP contribution in [0.3, 0.4) is 0 Å². The first-order chi connectivity index (χ1) is 9.57. The number of nitrogens with zero attached hydrogens (tertiary/aromatic N) is 1.